The van der Waals surface area contributed by atoms with Crippen LogP contribution in [0.2, 0.25) is 5.02 Å². The van der Waals surface area contributed by atoms with Crippen molar-refractivity contribution in [3.05, 3.63) is 57.6 Å². The molecule has 4 rings (SSSR count). The van der Waals surface area contributed by atoms with E-state index >= 15 is 0 Å². The van der Waals surface area contributed by atoms with Crippen LogP contribution >= 0.6 is 11.6 Å². The molecule has 0 spiro atoms. The number of rotatable bonds is 3. The Bertz CT molecular complexity index is 790. The van der Waals surface area contributed by atoms with Gasteiger partial charge >= 0.3 is 0 Å². The standard InChI is InChI=1S/C22H25ClO3/c1-13-8-15(11-18(25)9-13)20-12-16(10-14-2-4-17(24)5-3-14)21(23)22-19(20)6-7-26-22/h2-5,12-13,15,18,24-25H,6-11H2,1H3. The quantitative estimate of drug-likeness (QED) is 0.810. The largest absolute Gasteiger partial charge is 0.508 e. The highest BCUT2D eigenvalue weighted by molar-refractivity contribution is 6.33. The van der Waals surface area contributed by atoms with E-state index in [4.69, 9.17) is 16.3 Å². The zero-order chi connectivity index (χ0) is 18.3. The van der Waals surface area contributed by atoms with Gasteiger partial charge in [0.25, 0.3) is 0 Å². The first-order chi connectivity index (χ1) is 12.5. The summed E-state index contributed by atoms with van der Waals surface area (Å²) in [6.07, 6.45) is 4.18. The number of hydrogen-bond donors (Lipinski definition) is 2. The highest BCUT2D eigenvalue weighted by Crippen LogP contribution is 2.45. The minimum Gasteiger partial charge on any atom is -0.508 e. The fourth-order valence-electron chi connectivity index (χ4n) is 4.56. The molecule has 1 fully saturated rings. The molecule has 138 valence electrons. The molecular weight excluding hydrogens is 348 g/mol. The second-order valence-corrected chi connectivity index (χ2v) is 8.23. The van der Waals surface area contributed by atoms with Crippen LogP contribution in [0.4, 0.5) is 0 Å². The Morgan fingerprint density at radius 3 is 2.65 bits per heavy atom. The molecule has 1 heterocycles. The second kappa shape index (κ2) is 7.13. The number of benzene rings is 2. The summed E-state index contributed by atoms with van der Waals surface area (Å²) in [5.74, 6) is 1.99. The molecule has 2 aliphatic rings. The van der Waals surface area contributed by atoms with Crippen molar-refractivity contribution in [2.75, 3.05) is 6.61 Å². The summed E-state index contributed by atoms with van der Waals surface area (Å²) in [7, 11) is 0. The van der Waals surface area contributed by atoms with Crippen LogP contribution in [0.5, 0.6) is 11.5 Å². The first kappa shape index (κ1) is 17.7. The monoisotopic (exact) mass is 372 g/mol. The summed E-state index contributed by atoms with van der Waals surface area (Å²) in [4.78, 5) is 0. The number of aliphatic hydroxyl groups is 1. The molecule has 0 amide bonds. The topological polar surface area (TPSA) is 49.7 Å². The van der Waals surface area contributed by atoms with Gasteiger partial charge in [0.05, 0.1) is 17.7 Å². The summed E-state index contributed by atoms with van der Waals surface area (Å²) in [6.45, 7) is 2.90. The van der Waals surface area contributed by atoms with Gasteiger partial charge in [-0.3, -0.25) is 0 Å². The van der Waals surface area contributed by atoms with Crippen molar-refractivity contribution in [1.29, 1.82) is 0 Å². The molecule has 3 unspecified atom stereocenters. The zero-order valence-corrected chi connectivity index (χ0v) is 15.8. The number of aromatic hydroxyl groups is 1. The van der Waals surface area contributed by atoms with Crippen LogP contribution < -0.4 is 4.74 Å². The van der Waals surface area contributed by atoms with E-state index in [1.807, 2.05) is 12.1 Å². The van der Waals surface area contributed by atoms with Gasteiger partial charge in [-0.15, -0.1) is 0 Å². The zero-order valence-electron chi connectivity index (χ0n) is 15.0. The van der Waals surface area contributed by atoms with Gasteiger partial charge in [-0.1, -0.05) is 36.7 Å². The molecule has 2 N–H and O–H groups in total. The van der Waals surface area contributed by atoms with Crippen LogP contribution in [0.15, 0.2) is 30.3 Å². The molecule has 1 saturated carbocycles. The molecule has 1 aliphatic carbocycles. The van der Waals surface area contributed by atoms with Gasteiger partial charge in [-0.25, -0.2) is 0 Å². The molecule has 1 aliphatic heterocycles. The summed E-state index contributed by atoms with van der Waals surface area (Å²) in [5, 5.41) is 20.5. The molecule has 4 heteroatoms. The summed E-state index contributed by atoms with van der Waals surface area (Å²) < 4.78 is 5.88. The molecule has 0 aromatic heterocycles. The fraction of sp³-hybridized carbons (Fsp3) is 0.455. The maximum atomic E-state index is 10.3. The lowest BCUT2D eigenvalue weighted by Gasteiger charge is -2.32. The normalized spacial score (nSPS) is 25.0. The number of phenols is 1. The Hall–Kier alpha value is -1.71. The van der Waals surface area contributed by atoms with Gasteiger partial charge in [0.15, 0.2) is 0 Å². The van der Waals surface area contributed by atoms with E-state index in [1.54, 1.807) is 12.1 Å². The Morgan fingerprint density at radius 2 is 1.92 bits per heavy atom. The predicted octanol–water partition coefficient (Wildman–Crippen LogP) is 4.84. The molecular formula is C22H25ClO3. The highest BCUT2D eigenvalue weighted by atomic mass is 35.5. The third kappa shape index (κ3) is 3.43. The number of aliphatic hydroxyl groups excluding tert-OH is 1. The summed E-state index contributed by atoms with van der Waals surface area (Å²) in [6, 6.07) is 9.48. The number of hydrogen-bond acceptors (Lipinski definition) is 3. The van der Waals surface area contributed by atoms with Gasteiger partial charge in [-0.05, 0) is 66.3 Å². The Labute approximate surface area is 159 Å². The number of phenolic OH excluding ortho intramolecular Hbond substituents is 1. The van der Waals surface area contributed by atoms with E-state index in [9.17, 15) is 10.2 Å². The highest BCUT2D eigenvalue weighted by Gasteiger charge is 2.31. The minimum atomic E-state index is -0.224. The van der Waals surface area contributed by atoms with Crippen molar-refractivity contribution in [3.8, 4) is 11.5 Å². The maximum absolute atomic E-state index is 10.3. The smallest absolute Gasteiger partial charge is 0.141 e. The van der Waals surface area contributed by atoms with Crippen LogP contribution in [-0.2, 0) is 12.8 Å². The lowest BCUT2D eigenvalue weighted by Crippen LogP contribution is -2.24. The lowest BCUT2D eigenvalue weighted by atomic mass is 9.75. The van der Waals surface area contributed by atoms with Crippen molar-refractivity contribution in [2.24, 2.45) is 5.92 Å². The SMILES string of the molecule is CC1CC(O)CC(c2cc(Cc3ccc(O)cc3)c(Cl)c3c2CCO3)C1. The van der Waals surface area contributed by atoms with Crippen LogP contribution in [0.1, 0.15) is 54.4 Å². The predicted molar refractivity (Wildman–Crippen MR) is 103 cm³/mol. The van der Waals surface area contributed by atoms with Crippen molar-refractivity contribution in [1.82, 2.24) is 0 Å². The van der Waals surface area contributed by atoms with Crippen molar-refractivity contribution in [3.63, 3.8) is 0 Å². The van der Waals surface area contributed by atoms with E-state index in [0.29, 0.717) is 29.9 Å². The Kier molecular flexibility index (Phi) is 4.85. The number of ether oxygens (including phenoxy) is 1. The molecule has 0 bridgehead atoms. The van der Waals surface area contributed by atoms with E-state index < -0.39 is 0 Å². The van der Waals surface area contributed by atoms with Gasteiger partial charge in [0.1, 0.15) is 11.5 Å². The van der Waals surface area contributed by atoms with Crippen molar-refractivity contribution >= 4 is 11.6 Å². The minimum absolute atomic E-state index is 0.224. The van der Waals surface area contributed by atoms with E-state index in [0.717, 1.165) is 42.6 Å². The number of halogens is 1. The lowest BCUT2D eigenvalue weighted by molar-refractivity contribution is 0.0944. The average Bonchev–Trinajstić information content (AvgIpc) is 3.08. The van der Waals surface area contributed by atoms with Gasteiger partial charge in [0.2, 0.25) is 0 Å². The summed E-state index contributed by atoms with van der Waals surface area (Å²) in [5.41, 5.74) is 4.70. The number of fused-ring (bicyclic) bond motifs is 1. The molecule has 2 aromatic rings. The van der Waals surface area contributed by atoms with E-state index in [2.05, 4.69) is 13.0 Å². The summed E-state index contributed by atoms with van der Waals surface area (Å²) >= 11 is 6.68. The molecule has 26 heavy (non-hydrogen) atoms. The molecule has 0 saturated heterocycles. The third-order valence-corrected chi connectivity index (χ3v) is 6.14. The van der Waals surface area contributed by atoms with E-state index in [1.165, 1.54) is 11.1 Å². The first-order valence-electron chi connectivity index (χ1n) is 9.44. The van der Waals surface area contributed by atoms with Gasteiger partial charge in [0, 0.05) is 12.0 Å². The molecule has 2 aromatic carbocycles. The van der Waals surface area contributed by atoms with Crippen molar-refractivity contribution in [2.45, 2.75) is 51.0 Å². The third-order valence-electron chi connectivity index (χ3n) is 5.72. The van der Waals surface area contributed by atoms with E-state index in [-0.39, 0.29) is 11.9 Å². The van der Waals surface area contributed by atoms with Crippen molar-refractivity contribution < 1.29 is 14.9 Å². The van der Waals surface area contributed by atoms with Crippen LogP contribution in [-0.4, -0.2) is 22.9 Å². The van der Waals surface area contributed by atoms with Gasteiger partial charge in [-0.2, -0.15) is 0 Å². The van der Waals surface area contributed by atoms with Crippen LogP contribution in [0.3, 0.4) is 0 Å². The molecule has 3 atom stereocenters. The molecule has 3 nitrogen and oxygen atoms in total. The second-order valence-electron chi connectivity index (χ2n) is 7.85. The average molecular weight is 373 g/mol. The van der Waals surface area contributed by atoms with Crippen LogP contribution in [0, 0.1) is 5.92 Å². The van der Waals surface area contributed by atoms with Crippen LogP contribution in [0.25, 0.3) is 0 Å². The maximum Gasteiger partial charge on any atom is 0.141 e. The molecule has 0 radical (unpaired) electrons. The fourth-order valence-corrected chi connectivity index (χ4v) is 4.85. The Balaban J connectivity index is 1.72. The van der Waals surface area contributed by atoms with Gasteiger partial charge < -0.3 is 14.9 Å². The Morgan fingerprint density at radius 1 is 1.15 bits per heavy atom. The first-order valence-corrected chi connectivity index (χ1v) is 9.82.